The number of allylic oxidation sites excluding steroid dienone is 1. The normalized spacial score (nSPS) is 12.5. The SMILES string of the molecule is C=C[C@@H](CC)c1ccc(C)cc1. The molecule has 1 atom stereocenters. The molecular formula is C12H16. The van der Waals surface area contributed by atoms with Crippen molar-refractivity contribution in [3.05, 3.63) is 48.0 Å². The molecule has 0 N–H and O–H groups in total. The molecule has 0 aliphatic carbocycles. The molecule has 0 radical (unpaired) electrons. The molecule has 64 valence electrons. The Labute approximate surface area is 74.9 Å². The third-order valence-corrected chi connectivity index (χ3v) is 2.23. The average molecular weight is 160 g/mol. The fourth-order valence-corrected chi connectivity index (χ4v) is 1.35. The van der Waals surface area contributed by atoms with Crippen LogP contribution in [0.3, 0.4) is 0 Å². The zero-order chi connectivity index (χ0) is 8.97. The van der Waals surface area contributed by atoms with Gasteiger partial charge in [-0.1, -0.05) is 42.8 Å². The molecule has 0 amide bonds. The molecule has 0 saturated heterocycles. The van der Waals surface area contributed by atoms with Crippen LogP contribution in [-0.2, 0) is 0 Å². The molecule has 12 heavy (non-hydrogen) atoms. The summed E-state index contributed by atoms with van der Waals surface area (Å²) in [6, 6.07) is 8.68. The van der Waals surface area contributed by atoms with Crippen molar-refractivity contribution in [3.63, 3.8) is 0 Å². The van der Waals surface area contributed by atoms with Crippen LogP contribution in [0.2, 0.25) is 0 Å². The Morgan fingerprint density at radius 2 is 1.92 bits per heavy atom. The maximum atomic E-state index is 3.83. The van der Waals surface area contributed by atoms with Crippen molar-refractivity contribution in [2.75, 3.05) is 0 Å². The number of hydrogen-bond acceptors (Lipinski definition) is 0. The fraction of sp³-hybridized carbons (Fsp3) is 0.333. The Hall–Kier alpha value is -1.04. The maximum absolute atomic E-state index is 3.83. The van der Waals surface area contributed by atoms with Gasteiger partial charge >= 0.3 is 0 Å². The van der Waals surface area contributed by atoms with Crippen LogP contribution in [0.5, 0.6) is 0 Å². The molecule has 0 nitrogen and oxygen atoms in total. The zero-order valence-corrected chi connectivity index (χ0v) is 7.88. The van der Waals surface area contributed by atoms with Gasteiger partial charge in [-0.2, -0.15) is 0 Å². The standard InChI is InChI=1S/C12H16/c1-4-11(5-2)12-8-6-10(3)7-9-12/h4,6-9,11H,1,5H2,2-3H3/t11-/m0/s1. The lowest BCUT2D eigenvalue weighted by molar-refractivity contribution is 0.807. The highest BCUT2D eigenvalue weighted by atomic mass is 14.1. The largest absolute Gasteiger partial charge is 0.102 e. The van der Waals surface area contributed by atoms with Crippen molar-refractivity contribution in [2.24, 2.45) is 0 Å². The van der Waals surface area contributed by atoms with Crippen LogP contribution in [0.25, 0.3) is 0 Å². The predicted molar refractivity (Wildman–Crippen MR) is 54.4 cm³/mol. The van der Waals surface area contributed by atoms with E-state index in [0.29, 0.717) is 5.92 Å². The Kier molecular flexibility index (Phi) is 3.09. The molecule has 1 aromatic carbocycles. The monoisotopic (exact) mass is 160 g/mol. The van der Waals surface area contributed by atoms with E-state index in [1.165, 1.54) is 11.1 Å². The molecule has 0 fully saturated rings. The number of hydrogen-bond donors (Lipinski definition) is 0. The number of benzene rings is 1. The Balaban J connectivity index is 2.87. The molecule has 0 saturated carbocycles. The van der Waals surface area contributed by atoms with E-state index in [1.54, 1.807) is 0 Å². The molecular weight excluding hydrogens is 144 g/mol. The third-order valence-electron chi connectivity index (χ3n) is 2.23. The summed E-state index contributed by atoms with van der Waals surface area (Å²) in [5, 5.41) is 0. The average Bonchev–Trinajstić information content (AvgIpc) is 2.10. The van der Waals surface area contributed by atoms with Crippen LogP contribution < -0.4 is 0 Å². The van der Waals surface area contributed by atoms with Crippen LogP contribution >= 0.6 is 0 Å². The van der Waals surface area contributed by atoms with Gasteiger partial charge in [-0.05, 0) is 18.9 Å². The van der Waals surface area contributed by atoms with Crippen LogP contribution in [0, 0.1) is 6.92 Å². The molecule has 0 bridgehead atoms. The number of rotatable bonds is 3. The van der Waals surface area contributed by atoms with Gasteiger partial charge in [0.2, 0.25) is 0 Å². The molecule has 1 aromatic rings. The van der Waals surface area contributed by atoms with E-state index in [0.717, 1.165) is 6.42 Å². The van der Waals surface area contributed by atoms with Gasteiger partial charge in [-0.25, -0.2) is 0 Å². The molecule has 0 spiro atoms. The lowest BCUT2D eigenvalue weighted by atomic mass is 9.96. The van der Waals surface area contributed by atoms with Gasteiger partial charge in [0.25, 0.3) is 0 Å². The summed E-state index contributed by atoms with van der Waals surface area (Å²) in [5.74, 6) is 0.519. The third kappa shape index (κ3) is 1.97. The van der Waals surface area contributed by atoms with Gasteiger partial charge < -0.3 is 0 Å². The number of aryl methyl sites for hydroxylation is 1. The second kappa shape index (κ2) is 4.10. The summed E-state index contributed by atoms with van der Waals surface area (Å²) in [5.41, 5.74) is 2.69. The highest BCUT2D eigenvalue weighted by Gasteiger charge is 2.02. The molecule has 0 aromatic heterocycles. The molecule has 0 aliphatic heterocycles. The molecule has 0 unspecified atom stereocenters. The first-order valence-corrected chi connectivity index (χ1v) is 4.47. The van der Waals surface area contributed by atoms with E-state index in [1.807, 2.05) is 6.08 Å². The van der Waals surface area contributed by atoms with Crippen LogP contribution in [0.1, 0.15) is 30.4 Å². The minimum absolute atomic E-state index is 0.519. The van der Waals surface area contributed by atoms with Crippen LogP contribution in [0.15, 0.2) is 36.9 Å². The molecule has 0 heterocycles. The lowest BCUT2D eigenvalue weighted by Gasteiger charge is -2.09. The van der Waals surface area contributed by atoms with Crippen LogP contribution in [-0.4, -0.2) is 0 Å². The van der Waals surface area contributed by atoms with Crippen molar-refractivity contribution < 1.29 is 0 Å². The van der Waals surface area contributed by atoms with E-state index in [4.69, 9.17) is 0 Å². The summed E-state index contributed by atoms with van der Waals surface area (Å²) in [4.78, 5) is 0. The second-order valence-electron chi connectivity index (χ2n) is 3.16. The highest BCUT2D eigenvalue weighted by molar-refractivity contribution is 5.26. The van der Waals surface area contributed by atoms with Crippen molar-refractivity contribution in [2.45, 2.75) is 26.2 Å². The van der Waals surface area contributed by atoms with E-state index < -0.39 is 0 Å². The maximum Gasteiger partial charge on any atom is 0.00126 e. The smallest absolute Gasteiger partial charge is 0.00126 e. The Bertz CT molecular complexity index is 243. The quantitative estimate of drug-likeness (QED) is 0.592. The Morgan fingerprint density at radius 3 is 2.33 bits per heavy atom. The van der Waals surface area contributed by atoms with Gasteiger partial charge in [0.05, 0.1) is 0 Å². The first-order valence-electron chi connectivity index (χ1n) is 4.47. The lowest BCUT2D eigenvalue weighted by Crippen LogP contribution is -1.91. The summed E-state index contributed by atoms with van der Waals surface area (Å²) in [7, 11) is 0. The zero-order valence-electron chi connectivity index (χ0n) is 7.88. The summed E-state index contributed by atoms with van der Waals surface area (Å²) < 4.78 is 0. The fourth-order valence-electron chi connectivity index (χ4n) is 1.35. The first-order chi connectivity index (χ1) is 5.77. The second-order valence-corrected chi connectivity index (χ2v) is 3.16. The van der Waals surface area contributed by atoms with E-state index >= 15 is 0 Å². The summed E-state index contributed by atoms with van der Waals surface area (Å²) in [6.07, 6.45) is 3.15. The predicted octanol–water partition coefficient (Wildman–Crippen LogP) is 3.67. The van der Waals surface area contributed by atoms with Crippen molar-refractivity contribution in [3.8, 4) is 0 Å². The van der Waals surface area contributed by atoms with Crippen molar-refractivity contribution >= 4 is 0 Å². The van der Waals surface area contributed by atoms with E-state index in [2.05, 4.69) is 44.7 Å². The van der Waals surface area contributed by atoms with Gasteiger partial charge in [0, 0.05) is 5.92 Å². The molecule has 0 heteroatoms. The minimum Gasteiger partial charge on any atom is -0.102 e. The van der Waals surface area contributed by atoms with Gasteiger partial charge in [-0.3, -0.25) is 0 Å². The highest BCUT2D eigenvalue weighted by Crippen LogP contribution is 2.20. The first kappa shape index (κ1) is 9.05. The van der Waals surface area contributed by atoms with Crippen molar-refractivity contribution in [1.29, 1.82) is 0 Å². The molecule has 0 aliphatic rings. The van der Waals surface area contributed by atoms with Gasteiger partial charge in [0.1, 0.15) is 0 Å². The van der Waals surface area contributed by atoms with E-state index in [9.17, 15) is 0 Å². The van der Waals surface area contributed by atoms with Gasteiger partial charge in [0.15, 0.2) is 0 Å². The Morgan fingerprint density at radius 1 is 1.33 bits per heavy atom. The molecule has 1 rings (SSSR count). The van der Waals surface area contributed by atoms with Crippen molar-refractivity contribution in [1.82, 2.24) is 0 Å². The van der Waals surface area contributed by atoms with Crippen LogP contribution in [0.4, 0.5) is 0 Å². The summed E-state index contributed by atoms with van der Waals surface area (Å²) >= 11 is 0. The minimum atomic E-state index is 0.519. The van der Waals surface area contributed by atoms with Gasteiger partial charge in [-0.15, -0.1) is 6.58 Å². The summed E-state index contributed by atoms with van der Waals surface area (Å²) in [6.45, 7) is 8.13. The van der Waals surface area contributed by atoms with E-state index in [-0.39, 0.29) is 0 Å². The topological polar surface area (TPSA) is 0 Å².